The molecule has 7 heteroatoms. The molecule has 124 valence electrons. The molecule has 0 fully saturated rings. The quantitative estimate of drug-likeness (QED) is 0.747. The molecule has 0 amide bonds. The van der Waals surface area contributed by atoms with Crippen LogP contribution in [0.15, 0.2) is 71.9 Å². The molecule has 0 unspecified atom stereocenters. The molecule has 3 aromatic rings. The topological polar surface area (TPSA) is 73.2 Å². The number of ether oxygens (including phenoxy) is 1. The number of methoxy groups -OCH3 is 1. The third kappa shape index (κ3) is 3.57. The fourth-order valence-electron chi connectivity index (χ4n) is 2.28. The van der Waals surface area contributed by atoms with Crippen molar-refractivity contribution in [1.82, 2.24) is 9.78 Å². The Hall–Kier alpha value is -2.80. The van der Waals surface area contributed by atoms with Crippen LogP contribution in [-0.2, 0) is 16.6 Å². The van der Waals surface area contributed by atoms with E-state index in [0.717, 1.165) is 5.56 Å². The molecule has 0 bridgehead atoms. The van der Waals surface area contributed by atoms with Gasteiger partial charge in [0, 0.05) is 12.4 Å². The lowest BCUT2D eigenvalue weighted by Crippen LogP contribution is -2.15. The molecule has 6 nitrogen and oxygen atoms in total. The smallest absolute Gasteiger partial charge is 0.261 e. The summed E-state index contributed by atoms with van der Waals surface area (Å²) in [6, 6.07) is 15.3. The first-order chi connectivity index (χ1) is 11.6. The molecule has 0 aliphatic heterocycles. The number of hydrogen-bond acceptors (Lipinski definition) is 4. The van der Waals surface area contributed by atoms with E-state index in [9.17, 15) is 8.42 Å². The molecular weight excluding hydrogens is 326 g/mol. The fraction of sp³-hybridized carbons (Fsp3) is 0.118. The first kappa shape index (κ1) is 16.1. The summed E-state index contributed by atoms with van der Waals surface area (Å²) in [5.41, 5.74) is 1.36. The van der Waals surface area contributed by atoms with Gasteiger partial charge in [-0.05, 0) is 42.0 Å². The van der Waals surface area contributed by atoms with E-state index in [1.54, 1.807) is 35.1 Å². The van der Waals surface area contributed by atoms with Crippen LogP contribution in [0, 0.1) is 0 Å². The Labute approximate surface area is 140 Å². The second-order valence-corrected chi connectivity index (χ2v) is 6.82. The predicted octanol–water partition coefficient (Wildman–Crippen LogP) is 2.74. The van der Waals surface area contributed by atoms with Crippen molar-refractivity contribution in [2.75, 3.05) is 11.8 Å². The number of aromatic nitrogens is 2. The summed E-state index contributed by atoms with van der Waals surface area (Å²) in [7, 11) is -2.14. The highest BCUT2D eigenvalue weighted by atomic mass is 32.2. The molecule has 0 spiro atoms. The zero-order valence-corrected chi connectivity index (χ0v) is 13.9. The average Bonchev–Trinajstić information content (AvgIpc) is 3.09. The molecule has 1 aromatic heterocycles. The molecule has 0 radical (unpaired) electrons. The van der Waals surface area contributed by atoms with Crippen LogP contribution in [0.2, 0.25) is 0 Å². The van der Waals surface area contributed by atoms with E-state index < -0.39 is 10.0 Å². The Morgan fingerprint density at radius 1 is 1.08 bits per heavy atom. The van der Waals surface area contributed by atoms with Gasteiger partial charge in [0.25, 0.3) is 10.0 Å². The monoisotopic (exact) mass is 343 g/mol. The summed E-state index contributed by atoms with van der Waals surface area (Å²) < 4.78 is 34.6. The van der Waals surface area contributed by atoms with Crippen molar-refractivity contribution in [2.45, 2.75) is 11.4 Å². The van der Waals surface area contributed by atoms with E-state index in [2.05, 4.69) is 9.82 Å². The summed E-state index contributed by atoms with van der Waals surface area (Å²) >= 11 is 0. The van der Waals surface area contributed by atoms with E-state index in [0.29, 0.717) is 18.0 Å². The molecule has 0 aliphatic rings. The van der Waals surface area contributed by atoms with Crippen LogP contribution in [0.4, 0.5) is 5.69 Å². The van der Waals surface area contributed by atoms with E-state index in [4.69, 9.17) is 4.74 Å². The summed E-state index contributed by atoms with van der Waals surface area (Å²) in [6.07, 6.45) is 3.51. The van der Waals surface area contributed by atoms with E-state index in [1.165, 1.54) is 19.2 Å². The summed E-state index contributed by atoms with van der Waals surface area (Å²) in [6.45, 7) is 0.480. The Balaban J connectivity index is 1.86. The highest BCUT2D eigenvalue weighted by Gasteiger charge is 2.16. The molecule has 24 heavy (non-hydrogen) atoms. The maximum atomic E-state index is 12.6. The van der Waals surface area contributed by atoms with Crippen molar-refractivity contribution in [2.24, 2.45) is 0 Å². The Morgan fingerprint density at radius 2 is 1.83 bits per heavy atom. The van der Waals surface area contributed by atoms with Gasteiger partial charge < -0.3 is 4.74 Å². The van der Waals surface area contributed by atoms with Crippen LogP contribution in [0.3, 0.4) is 0 Å². The SMILES string of the molecule is COc1ccc(S(=O)(=O)Nc2ccccc2Cn2cccn2)cc1. The van der Waals surface area contributed by atoms with Gasteiger partial charge in [0.1, 0.15) is 5.75 Å². The standard InChI is InChI=1S/C17H17N3O3S/c1-23-15-7-9-16(10-8-15)24(21,22)19-17-6-3-2-5-14(17)13-20-12-4-11-18-20/h2-12,19H,13H2,1H3. The molecule has 1 heterocycles. The van der Waals surface area contributed by atoms with Gasteiger partial charge in [-0.3, -0.25) is 9.40 Å². The molecule has 0 atom stereocenters. The molecule has 0 saturated heterocycles. The highest BCUT2D eigenvalue weighted by Crippen LogP contribution is 2.22. The number of para-hydroxylation sites is 1. The van der Waals surface area contributed by atoms with Crippen LogP contribution >= 0.6 is 0 Å². The van der Waals surface area contributed by atoms with Crippen molar-refractivity contribution in [1.29, 1.82) is 0 Å². The lowest BCUT2D eigenvalue weighted by molar-refractivity contribution is 0.414. The van der Waals surface area contributed by atoms with Gasteiger partial charge in [-0.15, -0.1) is 0 Å². The fourth-order valence-corrected chi connectivity index (χ4v) is 3.39. The van der Waals surface area contributed by atoms with Gasteiger partial charge in [-0.25, -0.2) is 8.42 Å². The molecule has 3 rings (SSSR count). The van der Waals surface area contributed by atoms with Gasteiger partial charge in [0.2, 0.25) is 0 Å². The van der Waals surface area contributed by atoms with Gasteiger partial charge in [0.15, 0.2) is 0 Å². The van der Waals surface area contributed by atoms with E-state index >= 15 is 0 Å². The van der Waals surface area contributed by atoms with Crippen molar-refractivity contribution in [3.05, 3.63) is 72.6 Å². The molecule has 0 saturated carbocycles. The van der Waals surface area contributed by atoms with Crippen molar-refractivity contribution >= 4 is 15.7 Å². The Bertz CT molecular complexity index is 905. The summed E-state index contributed by atoms with van der Waals surface area (Å²) in [4.78, 5) is 0.178. The van der Waals surface area contributed by atoms with Crippen molar-refractivity contribution < 1.29 is 13.2 Å². The lowest BCUT2D eigenvalue weighted by atomic mass is 10.2. The van der Waals surface area contributed by atoms with Crippen LogP contribution in [0.25, 0.3) is 0 Å². The largest absolute Gasteiger partial charge is 0.497 e. The minimum absolute atomic E-state index is 0.178. The Morgan fingerprint density at radius 3 is 2.50 bits per heavy atom. The number of benzene rings is 2. The number of rotatable bonds is 6. The van der Waals surface area contributed by atoms with E-state index in [-0.39, 0.29) is 4.90 Å². The van der Waals surface area contributed by atoms with Crippen LogP contribution in [0.5, 0.6) is 5.75 Å². The second-order valence-electron chi connectivity index (χ2n) is 5.14. The first-order valence-electron chi connectivity index (χ1n) is 7.31. The zero-order valence-electron chi connectivity index (χ0n) is 13.1. The van der Waals surface area contributed by atoms with Gasteiger partial charge in [0.05, 0.1) is 24.2 Å². The number of hydrogen-bond donors (Lipinski definition) is 1. The summed E-state index contributed by atoms with van der Waals surface area (Å²) in [5, 5.41) is 4.15. The maximum Gasteiger partial charge on any atom is 0.261 e. The second kappa shape index (κ2) is 6.76. The normalized spacial score (nSPS) is 11.2. The molecule has 0 aliphatic carbocycles. The summed E-state index contributed by atoms with van der Waals surface area (Å²) in [5.74, 6) is 0.605. The van der Waals surface area contributed by atoms with E-state index in [1.807, 2.05) is 24.4 Å². The van der Waals surface area contributed by atoms with Gasteiger partial charge >= 0.3 is 0 Å². The predicted molar refractivity (Wildman–Crippen MR) is 91.6 cm³/mol. The Kier molecular flexibility index (Phi) is 4.52. The maximum absolute atomic E-state index is 12.6. The highest BCUT2D eigenvalue weighted by molar-refractivity contribution is 7.92. The lowest BCUT2D eigenvalue weighted by Gasteiger charge is -2.13. The first-order valence-corrected chi connectivity index (χ1v) is 8.79. The third-order valence-corrected chi connectivity index (χ3v) is 4.90. The minimum Gasteiger partial charge on any atom is -0.497 e. The van der Waals surface area contributed by atoms with Crippen LogP contribution in [0.1, 0.15) is 5.56 Å². The number of nitrogens with one attached hydrogen (secondary N) is 1. The van der Waals surface area contributed by atoms with Gasteiger partial charge in [-0.1, -0.05) is 18.2 Å². The van der Waals surface area contributed by atoms with Crippen LogP contribution < -0.4 is 9.46 Å². The molecular formula is C17H17N3O3S. The number of nitrogens with zero attached hydrogens (tertiary/aromatic N) is 2. The minimum atomic E-state index is -3.67. The average molecular weight is 343 g/mol. The number of sulfonamides is 1. The van der Waals surface area contributed by atoms with Crippen LogP contribution in [-0.4, -0.2) is 25.3 Å². The third-order valence-electron chi connectivity index (χ3n) is 3.52. The molecule has 1 N–H and O–H groups in total. The van der Waals surface area contributed by atoms with Crippen molar-refractivity contribution in [3.63, 3.8) is 0 Å². The molecule has 2 aromatic carbocycles. The van der Waals surface area contributed by atoms with Gasteiger partial charge in [-0.2, -0.15) is 5.10 Å². The number of anilines is 1. The van der Waals surface area contributed by atoms with Crippen molar-refractivity contribution in [3.8, 4) is 5.75 Å². The zero-order chi connectivity index (χ0) is 17.0.